The van der Waals surface area contributed by atoms with Gasteiger partial charge in [-0.15, -0.1) is 12.4 Å². The first-order valence-corrected chi connectivity index (χ1v) is 8.45. The summed E-state index contributed by atoms with van der Waals surface area (Å²) in [7, 11) is 1.73. The highest BCUT2D eigenvalue weighted by Gasteiger charge is 2.21. The average Bonchev–Trinajstić information content (AvgIpc) is 3.02. The summed E-state index contributed by atoms with van der Waals surface area (Å²) in [4.78, 5) is 18.2. The van der Waals surface area contributed by atoms with Crippen molar-refractivity contribution in [1.82, 2.24) is 20.4 Å². The summed E-state index contributed by atoms with van der Waals surface area (Å²) in [6, 6.07) is 0.0661. The van der Waals surface area contributed by atoms with Crippen molar-refractivity contribution < 1.29 is 18.8 Å². The maximum atomic E-state index is 12.2. The smallest absolute Gasteiger partial charge is 0.246 e. The van der Waals surface area contributed by atoms with Gasteiger partial charge in [0.15, 0.2) is 5.82 Å². The molecule has 1 aliphatic heterocycles. The number of carbonyl (C=O) groups is 1. The molecule has 2 unspecified atom stereocenters. The molecule has 0 radical (unpaired) electrons. The zero-order valence-electron chi connectivity index (χ0n) is 15.4. The fourth-order valence-corrected chi connectivity index (χ4v) is 2.32. The van der Waals surface area contributed by atoms with Gasteiger partial charge in [0.25, 0.3) is 0 Å². The average molecular weight is 377 g/mol. The van der Waals surface area contributed by atoms with Crippen LogP contribution in [0.25, 0.3) is 0 Å². The molecule has 0 aromatic carbocycles. The van der Waals surface area contributed by atoms with Crippen LogP contribution in [-0.2, 0) is 20.8 Å². The Morgan fingerprint density at radius 1 is 1.44 bits per heavy atom. The maximum Gasteiger partial charge on any atom is 0.246 e. The molecule has 144 valence electrons. The molecule has 1 aromatic heterocycles. The molecule has 0 saturated carbocycles. The van der Waals surface area contributed by atoms with Crippen LogP contribution >= 0.6 is 12.4 Å². The molecule has 25 heavy (non-hydrogen) atoms. The summed E-state index contributed by atoms with van der Waals surface area (Å²) in [5, 5.41) is 7.21. The number of ether oxygens (including phenoxy) is 2. The highest BCUT2D eigenvalue weighted by Crippen LogP contribution is 2.15. The maximum absolute atomic E-state index is 12.2. The first kappa shape index (κ1) is 21.8. The fourth-order valence-electron chi connectivity index (χ4n) is 2.32. The Kier molecular flexibility index (Phi) is 9.34. The van der Waals surface area contributed by atoms with Crippen LogP contribution in [0.5, 0.6) is 0 Å². The molecule has 1 saturated heterocycles. The van der Waals surface area contributed by atoms with Gasteiger partial charge in [0.05, 0.1) is 19.8 Å². The minimum atomic E-state index is -0.227. The number of rotatable bonds is 8. The van der Waals surface area contributed by atoms with E-state index < -0.39 is 0 Å². The minimum absolute atomic E-state index is 0. The molecule has 0 spiro atoms. The van der Waals surface area contributed by atoms with Gasteiger partial charge in [0.2, 0.25) is 11.8 Å². The number of hydrogen-bond acceptors (Lipinski definition) is 7. The monoisotopic (exact) mass is 376 g/mol. The first-order valence-electron chi connectivity index (χ1n) is 8.45. The van der Waals surface area contributed by atoms with Crippen LogP contribution < -0.4 is 5.32 Å². The van der Waals surface area contributed by atoms with Gasteiger partial charge in [-0.25, -0.2) is 0 Å². The summed E-state index contributed by atoms with van der Waals surface area (Å²) in [6.45, 7) is 9.03. The third-order valence-corrected chi connectivity index (χ3v) is 3.74. The van der Waals surface area contributed by atoms with Crippen LogP contribution in [0.4, 0.5) is 0 Å². The molecule has 0 bridgehead atoms. The lowest BCUT2D eigenvalue weighted by Crippen LogP contribution is -2.44. The number of morpholine rings is 1. The van der Waals surface area contributed by atoms with Crippen LogP contribution in [0.1, 0.15) is 45.0 Å². The zero-order valence-corrected chi connectivity index (χ0v) is 16.2. The number of nitrogens with zero attached hydrogens (tertiary/aromatic N) is 3. The van der Waals surface area contributed by atoms with Gasteiger partial charge in [-0.2, -0.15) is 4.98 Å². The van der Waals surface area contributed by atoms with Crippen LogP contribution in [0.15, 0.2) is 4.52 Å². The van der Waals surface area contributed by atoms with Crippen molar-refractivity contribution in [1.29, 1.82) is 0 Å². The number of nitrogens with one attached hydrogen (secondary N) is 1. The number of aromatic nitrogens is 2. The molecule has 1 aromatic rings. The van der Waals surface area contributed by atoms with Crippen LogP contribution in [0.2, 0.25) is 0 Å². The van der Waals surface area contributed by atoms with Crippen molar-refractivity contribution in [3.63, 3.8) is 0 Å². The molecular weight excluding hydrogens is 348 g/mol. The topological polar surface area (TPSA) is 89.7 Å². The Labute approximate surface area is 155 Å². The lowest BCUT2D eigenvalue weighted by Gasteiger charge is -2.25. The van der Waals surface area contributed by atoms with Crippen molar-refractivity contribution in [3.8, 4) is 0 Å². The van der Waals surface area contributed by atoms with Crippen molar-refractivity contribution in [2.45, 2.75) is 45.9 Å². The quantitative estimate of drug-likeness (QED) is 0.736. The third-order valence-electron chi connectivity index (χ3n) is 3.74. The molecule has 2 heterocycles. The van der Waals surface area contributed by atoms with Gasteiger partial charge in [-0.3, -0.25) is 4.79 Å². The summed E-state index contributed by atoms with van der Waals surface area (Å²) < 4.78 is 16.3. The van der Waals surface area contributed by atoms with Gasteiger partial charge >= 0.3 is 0 Å². The molecule has 2 rings (SSSR count). The molecule has 8 nitrogen and oxygen atoms in total. The van der Waals surface area contributed by atoms with E-state index in [9.17, 15) is 4.79 Å². The summed E-state index contributed by atoms with van der Waals surface area (Å²) in [5.41, 5.74) is 0. The van der Waals surface area contributed by atoms with Gasteiger partial charge in [0, 0.05) is 32.7 Å². The lowest BCUT2D eigenvalue weighted by atomic mass is 10.2. The number of amides is 1. The molecule has 9 heteroatoms. The second-order valence-corrected chi connectivity index (χ2v) is 6.60. The van der Waals surface area contributed by atoms with E-state index in [1.807, 2.05) is 6.92 Å². The van der Waals surface area contributed by atoms with Crippen molar-refractivity contribution >= 4 is 18.3 Å². The first-order chi connectivity index (χ1) is 11.5. The largest absolute Gasteiger partial charge is 0.378 e. The molecule has 1 N–H and O–H groups in total. The highest BCUT2D eigenvalue weighted by atomic mass is 35.5. The van der Waals surface area contributed by atoms with E-state index in [1.165, 1.54) is 0 Å². The van der Waals surface area contributed by atoms with Crippen molar-refractivity contribution in [3.05, 3.63) is 11.7 Å². The minimum Gasteiger partial charge on any atom is -0.378 e. The SMILES string of the molecule is CC(C)COC(C)c1noc(CN(C)C(=O)CC2COCCN2)n1.Cl. The van der Waals surface area contributed by atoms with E-state index in [0.717, 1.165) is 6.54 Å². The Bertz CT molecular complexity index is 520. The van der Waals surface area contributed by atoms with Crippen molar-refractivity contribution in [2.24, 2.45) is 5.92 Å². The summed E-state index contributed by atoms with van der Waals surface area (Å²) >= 11 is 0. The van der Waals surface area contributed by atoms with Gasteiger partial charge in [-0.1, -0.05) is 19.0 Å². The van der Waals surface area contributed by atoms with E-state index in [0.29, 0.717) is 43.9 Å². The van der Waals surface area contributed by atoms with E-state index >= 15 is 0 Å². The Morgan fingerprint density at radius 3 is 2.84 bits per heavy atom. The normalized spacial score (nSPS) is 18.7. The van der Waals surface area contributed by atoms with E-state index in [1.54, 1.807) is 11.9 Å². The highest BCUT2D eigenvalue weighted by molar-refractivity contribution is 5.85. The molecule has 0 aliphatic carbocycles. The van der Waals surface area contributed by atoms with E-state index in [2.05, 4.69) is 29.3 Å². The Hall–Kier alpha value is -1.22. The van der Waals surface area contributed by atoms with Crippen LogP contribution in [0, 0.1) is 5.92 Å². The standard InChI is InChI=1S/C16H28N4O4.ClH/c1-11(2)9-23-12(3)16-18-14(24-19-16)8-20(4)15(21)7-13-10-22-6-5-17-13;/h11-13,17H,5-10H2,1-4H3;1H. The molecule has 1 aliphatic rings. The van der Waals surface area contributed by atoms with E-state index in [-0.39, 0.29) is 37.0 Å². The van der Waals surface area contributed by atoms with Gasteiger partial charge in [-0.05, 0) is 12.8 Å². The van der Waals surface area contributed by atoms with Gasteiger partial charge in [0.1, 0.15) is 6.10 Å². The molecule has 1 amide bonds. The molecule has 1 fully saturated rings. The number of hydrogen-bond donors (Lipinski definition) is 1. The zero-order chi connectivity index (χ0) is 17.5. The van der Waals surface area contributed by atoms with Crippen LogP contribution in [-0.4, -0.2) is 60.4 Å². The van der Waals surface area contributed by atoms with Gasteiger partial charge < -0.3 is 24.2 Å². The summed E-state index contributed by atoms with van der Waals surface area (Å²) in [6.07, 6.45) is 0.167. The molecular formula is C16H29ClN4O4. The third kappa shape index (κ3) is 7.27. The summed E-state index contributed by atoms with van der Waals surface area (Å²) in [5.74, 6) is 1.38. The fraction of sp³-hybridized carbons (Fsp3) is 0.812. The Balaban J connectivity index is 0.00000312. The second-order valence-electron chi connectivity index (χ2n) is 6.60. The predicted molar refractivity (Wildman–Crippen MR) is 94.5 cm³/mol. The van der Waals surface area contributed by atoms with Crippen molar-refractivity contribution in [2.75, 3.05) is 33.4 Å². The number of halogens is 1. The van der Waals surface area contributed by atoms with E-state index in [4.69, 9.17) is 14.0 Å². The van der Waals surface area contributed by atoms with Crippen LogP contribution in [0.3, 0.4) is 0 Å². The Morgan fingerprint density at radius 2 is 2.20 bits per heavy atom. The lowest BCUT2D eigenvalue weighted by molar-refractivity contribution is -0.132. The predicted octanol–water partition coefficient (Wildman–Crippen LogP) is 1.56. The second kappa shape index (κ2) is 10.7. The number of carbonyl (C=O) groups excluding carboxylic acids is 1. The molecule has 2 atom stereocenters.